The Hall–Kier alpha value is -1.86. The Bertz CT molecular complexity index is 664. The van der Waals surface area contributed by atoms with E-state index in [2.05, 4.69) is 20.5 Å². The van der Waals surface area contributed by atoms with Crippen molar-refractivity contribution in [3.8, 4) is 0 Å². The summed E-state index contributed by atoms with van der Waals surface area (Å²) in [5.74, 6) is 0.854. The zero-order valence-electron chi connectivity index (χ0n) is 13.0. The molecule has 0 aliphatic carbocycles. The summed E-state index contributed by atoms with van der Waals surface area (Å²) in [5, 5.41) is 10.4. The van der Waals surface area contributed by atoms with Gasteiger partial charge in [-0.05, 0) is 13.8 Å². The van der Waals surface area contributed by atoms with E-state index in [1.165, 1.54) is 0 Å². The summed E-state index contributed by atoms with van der Waals surface area (Å²) in [7, 11) is 1.95. The maximum atomic E-state index is 12.8. The van der Waals surface area contributed by atoms with E-state index in [1.54, 1.807) is 6.20 Å². The van der Waals surface area contributed by atoms with Crippen LogP contribution in [-0.2, 0) is 7.05 Å². The molecular formula is C14H21ClN6O. The lowest BCUT2D eigenvalue weighted by Crippen LogP contribution is -2.49. The Labute approximate surface area is 135 Å². The molecule has 1 aliphatic rings. The number of carbonyl (C=O) groups is 1. The lowest BCUT2D eigenvalue weighted by Gasteiger charge is -2.35. The Balaban J connectivity index is 0.00000176. The molecule has 3 rings (SSSR count). The molecule has 1 amide bonds. The van der Waals surface area contributed by atoms with E-state index in [0.29, 0.717) is 18.8 Å². The van der Waals surface area contributed by atoms with Crippen molar-refractivity contribution in [3.63, 3.8) is 0 Å². The molecule has 7 nitrogen and oxygen atoms in total. The van der Waals surface area contributed by atoms with Gasteiger partial charge in [0.15, 0.2) is 5.69 Å². The van der Waals surface area contributed by atoms with E-state index in [0.717, 1.165) is 23.6 Å². The molecule has 0 bridgehead atoms. The van der Waals surface area contributed by atoms with Gasteiger partial charge in [-0.15, -0.1) is 12.4 Å². The fraction of sp³-hybridized carbons (Fsp3) is 0.500. The van der Waals surface area contributed by atoms with Crippen LogP contribution >= 0.6 is 12.4 Å². The Kier molecular flexibility index (Phi) is 4.87. The van der Waals surface area contributed by atoms with Gasteiger partial charge in [-0.3, -0.25) is 9.89 Å². The molecule has 1 fully saturated rings. The topological polar surface area (TPSA) is 78.8 Å². The molecule has 120 valence electrons. The van der Waals surface area contributed by atoms with E-state index >= 15 is 0 Å². The predicted octanol–water partition coefficient (Wildman–Crippen LogP) is 0.969. The van der Waals surface area contributed by atoms with Crippen LogP contribution in [0.3, 0.4) is 0 Å². The number of piperazine rings is 1. The van der Waals surface area contributed by atoms with Gasteiger partial charge in [0.25, 0.3) is 5.91 Å². The van der Waals surface area contributed by atoms with Gasteiger partial charge >= 0.3 is 0 Å². The zero-order chi connectivity index (χ0) is 15.0. The number of aromatic nitrogens is 4. The number of aryl methyl sites for hydroxylation is 2. The molecule has 1 aliphatic heterocycles. The van der Waals surface area contributed by atoms with Gasteiger partial charge in [-0.25, -0.2) is 4.98 Å². The van der Waals surface area contributed by atoms with Crippen molar-refractivity contribution in [2.75, 3.05) is 19.6 Å². The third-order valence-corrected chi connectivity index (χ3v) is 4.12. The van der Waals surface area contributed by atoms with Crippen LogP contribution in [0.25, 0.3) is 0 Å². The Morgan fingerprint density at radius 2 is 2.18 bits per heavy atom. The molecule has 22 heavy (non-hydrogen) atoms. The van der Waals surface area contributed by atoms with Gasteiger partial charge in [0.2, 0.25) is 0 Å². The number of hydrogen-bond donors (Lipinski definition) is 2. The van der Waals surface area contributed by atoms with Gasteiger partial charge in [-0.1, -0.05) is 0 Å². The molecule has 0 aromatic carbocycles. The highest BCUT2D eigenvalue weighted by atomic mass is 35.5. The van der Waals surface area contributed by atoms with Crippen LogP contribution in [0, 0.1) is 13.8 Å². The number of aromatic amines is 1. The van der Waals surface area contributed by atoms with Crippen molar-refractivity contribution >= 4 is 18.3 Å². The third kappa shape index (κ3) is 2.74. The van der Waals surface area contributed by atoms with Crippen LogP contribution < -0.4 is 5.32 Å². The minimum absolute atomic E-state index is 0. The van der Waals surface area contributed by atoms with Gasteiger partial charge in [0, 0.05) is 50.3 Å². The molecule has 1 atom stereocenters. The average Bonchev–Trinajstić information content (AvgIpc) is 3.05. The van der Waals surface area contributed by atoms with E-state index in [4.69, 9.17) is 0 Å². The Morgan fingerprint density at radius 3 is 2.77 bits per heavy atom. The molecule has 0 saturated carbocycles. The van der Waals surface area contributed by atoms with Crippen molar-refractivity contribution < 1.29 is 4.79 Å². The molecule has 3 heterocycles. The monoisotopic (exact) mass is 324 g/mol. The third-order valence-electron chi connectivity index (χ3n) is 4.12. The molecule has 2 N–H and O–H groups in total. The highest BCUT2D eigenvalue weighted by Gasteiger charge is 2.32. The predicted molar refractivity (Wildman–Crippen MR) is 85.2 cm³/mol. The highest BCUT2D eigenvalue weighted by molar-refractivity contribution is 5.94. The second kappa shape index (κ2) is 6.50. The molecule has 1 unspecified atom stereocenters. The minimum atomic E-state index is -0.0670. The normalized spacial score (nSPS) is 18.1. The van der Waals surface area contributed by atoms with Crippen LogP contribution in [0.4, 0.5) is 0 Å². The molecule has 8 heteroatoms. The summed E-state index contributed by atoms with van der Waals surface area (Å²) in [4.78, 5) is 19.1. The first kappa shape index (κ1) is 16.5. The number of imidazole rings is 1. The molecule has 0 radical (unpaired) electrons. The smallest absolute Gasteiger partial charge is 0.275 e. The number of nitrogens with one attached hydrogen (secondary N) is 2. The quantitative estimate of drug-likeness (QED) is 0.862. The van der Waals surface area contributed by atoms with Crippen LogP contribution in [0.15, 0.2) is 12.4 Å². The van der Waals surface area contributed by atoms with E-state index < -0.39 is 0 Å². The fourth-order valence-corrected chi connectivity index (χ4v) is 2.71. The Morgan fingerprint density at radius 1 is 1.41 bits per heavy atom. The SMILES string of the molecule is Cc1[nH]nc(C(=O)N2CCNCC2c2nccn2C)c1C.Cl. The van der Waals surface area contributed by atoms with E-state index in [-0.39, 0.29) is 24.4 Å². The first-order chi connectivity index (χ1) is 10.1. The summed E-state index contributed by atoms with van der Waals surface area (Å²) >= 11 is 0. The second-order valence-electron chi connectivity index (χ2n) is 5.44. The van der Waals surface area contributed by atoms with Crippen LogP contribution in [0.5, 0.6) is 0 Å². The number of halogens is 1. The van der Waals surface area contributed by atoms with Crippen LogP contribution in [0.1, 0.15) is 33.6 Å². The first-order valence-corrected chi connectivity index (χ1v) is 7.10. The van der Waals surface area contributed by atoms with Crippen molar-refractivity contribution in [1.82, 2.24) is 30.0 Å². The molecular weight excluding hydrogens is 304 g/mol. The van der Waals surface area contributed by atoms with Crippen molar-refractivity contribution in [2.45, 2.75) is 19.9 Å². The van der Waals surface area contributed by atoms with Gasteiger partial charge in [0.1, 0.15) is 11.9 Å². The summed E-state index contributed by atoms with van der Waals surface area (Å²) in [5.41, 5.74) is 2.35. The largest absolute Gasteiger partial charge is 0.336 e. The lowest BCUT2D eigenvalue weighted by molar-refractivity contribution is 0.0614. The first-order valence-electron chi connectivity index (χ1n) is 7.10. The number of amides is 1. The lowest BCUT2D eigenvalue weighted by atomic mass is 10.1. The zero-order valence-corrected chi connectivity index (χ0v) is 13.8. The van der Waals surface area contributed by atoms with Crippen molar-refractivity contribution in [1.29, 1.82) is 0 Å². The number of hydrogen-bond acceptors (Lipinski definition) is 4. The standard InChI is InChI=1S/C14H20N6O.ClH/c1-9-10(2)17-18-12(9)14(21)20-7-4-15-8-11(20)13-16-5-6-19(13)3;/h5-6,11,15H,4,7-8H2,1-3H3,(H,17,18);1H. The van der Waals surface area contributed by atoms with Gasteiger partial charge < -0.3 is 14.8 Å². The van der Waals surface area contributed by atoms with Gasteiger partial charge in [-0.2, -0.15) is 5.10 Å². The maximum Gasteiger partial charge on any atom is 0.275 e. The van der Waals surface area contributed by atoms with Crippen molar-refractivity contribution in [3.05, 3.63) is 35.2 Å². The average molecular weight is 325 g/mol. The van der Waals surface area contributed by atoms with Crippen molar-refractivity contribution in [2.24, 2.45) is 7.05 Å². The molecule has 2 aromatic rings. The molecule has 2 aromatic heterocycles. The highest BCUT2D eigenvalue weighted by Crippen LogP contribution is 2.23. The van der Waals surface area contributed by atoms with Crippen LogP contribution in [-0.4, -0.2) is 50.2 Å². The molecule has 0 spiro atoms. The number of carbonyl (C=O) groups excluding carboxylic acids is 1. The maximum absolute atomic E-state index is 12.8. The second-order valence-corrected chi connectivity index (χ2v) is 5.44. The van der Waals surface area contributed by atoms with Gasteiger partial charge in [0.05, 0.1) is 0 Å². The molecule has 1 saturated heterocycles. The number of H-pyrrole nitrogens is 1. The number of nitrogens with zero attached hydrogens (tertiary/aromatic N) is 4. The number of rotatable bonds is 2. The van der Waals surface area contributed by atoms with Crippen LogP contribution in [0.2, 0.25) is 0 Å². The van der Waals surface area contributed by atoms with E-state index in [1.807, 2.05) is 36.6 Å². The minimum Gasteiger partial charge on any atom is -0.336 e. The summed E-state index contributed by atoms with van der Waals surface area (Å²) in [6.07, 6.45) is 3.66. The summed E-state index contributed by atoms with van der Waals surface area (Å²) < 4.78 is 1.96. The van der Waals surface area contributed by atoms with E-state index in [9.17, 15) is 4.79 Å². The summed E-state index contributed by atoms with van der Waals surface area (Å²) in [6.45, 7) is 5.99. The fourth-order valence-electron chi connectivity index (χ4n) is 2.71. The summed E-state index contributed by atoms with van der Waals surface area (Å²) in [6, 6.07) is -0.0670.